The number of carbonyl (C=O) groups is 1. The Morgan fingerprint density at radius 1 is 1.11 bits per heavy atom. The summed E-state index contributed by atoms with van der Waals surface area (Å²) in [7, 11) is 1.38. The van der Waals surface area contributed by atoms with Gasteiger partial charge in [-0.2, -0.15) is 5.26 Å². The van der Waals surface area contributed by atoms with Crippen molar-refractivity contribution in [3.05, 3.63) is 59.7 Å². The van der Waals surface area contributed by atoms with Crippen LogP contribution in [0.25, 0.3) is 11.1 Å². The summed E-state index contributed by atoms with van der Waals surface area (Å²) in [5.41, 5.74) is 4.71. The van der Waals surface area contributed by atoms with E-state index in [0.29, 0.717) is 16.7 Å². The summed E-state index contributed by atoms with van der Waals surface area (Å²) in [5, 5.41) is 9.14. The molecule has 0 aliphatic heterocycles. The van der Waals surface area contributed by atoms with Gasteiger partial charge in [-0.15, -0.1) is 0 Å². The third kappa shape index (κ3) is 2.62. The van der Waals surface area contributed by atoms with Crippen LogP contribution in [-0.4, -0.2) is 13.0 Å². The van der Waals surface area contributed by atoms with Gasteiger partial charge < -0.3 is 0 Å². The molecule has 2 aromatic carbocycles. The van der Waals surface area contributed by atoms with E-state index >= 15 is 0 Å². The van der Waals surface area contributed by atoms with E-state index in [1.54, 1.807) is 30.3 Å². The Bertz CT molecular complexity index is 645. The molecule has 94 valence electrons. The van der Waals surface area contributed by atoms with E-state index in [1.165, 1.54) is 7.11 Å². The standard InChI is InChI=1S/C15H12N2O2/c1-19-17-15(18)14-9-5-4-8-13(14)12-7-3-2-6-11(12)10-16/h2-9H,1H3,(H,17,18). The second-order valence-corrected chi connectivity index (χ2v) is 3.84. The number of hydroxylamine groups is 1. The molecule has 2 rings (SSSR count). The van der Waals surface area contributed by atoms with Crippen molar-refractivity contribution < 1.29 is 9.63 Å². The molecule has 0 radical (unpaired) electrons. The number of carbonyl (C=O) groups excluding carboxylic acids is 1. The molecule has 0 atom stereocenters. The van der Waals surface area contributed by atoms with Gasteiger partial charge in [0, 0.05) is 11.1 Å². The molecule has 1 N–H and O–H groups in total. The molecule has 0 aromatic heterocycles. The minimum absolute atomic E-state index is 0.342. The maximum atomic E-state index is 11.9. The first-order valence-corrected chi connectivity index (χ1v) is 5.69. The van der Waals surface area contributed by atoms with Gasteiger partial charge in [-0.1, -0.05) is 36.4 Å². The number of hydrogen-bond acceptors (Lipinski definition) is 3. The zero-order valence-electron chi connectivity index (χ0n) is 10.4. The first-order chi connectivity index (χ1) is 9.27. The van der Waals surface area contributed by atoms with Crippen molar-refractivity contribution in [3.8, 4) is 17.2 Å². The second kappa shape index (κ2) is 5.80. The lowest BCUT2D eigenvalue weighted by Gasteiger charge is -2.10. The summed E-state index contributed by atoms with van der Waals surface area (Å²) in [5.74, 6) is -0.342. The van der Waals surface area contributed by atoms with Crippen molar-refractivity contribution in [1.29, 1.82) is 5.26 Å². The monoisotopic (exact) mass is 252 g/mol. The van der Waals surface area contributed by atoms with Crippen molar-refractivity contribution in [2.75, 3.05) is 7.11 Å². The molecule has 4 heteroatoms. The molecule has 0 aliphatic rings. The number of nitrogens with one attached hydrogen (secondary N) is 1. The molecule has 0 unspecified atom stereocenters. The highest BCUT2D eigenvalue weighted by Crippen LogP contribution is 2.26. The van der Waals surface area contributed by atoms with Gasteiger partial charge in [-0.05, 0) is 17.7 Å². The Labute approximate surface area is 111 Å². The zero-order chi connectivity index (χ0) is 13.7. The Morgan fingerprint density at radius 3 is 2.42 bits per heavy atom. The highest BCUT2D eigenvalue weighted by Gasteiger charge is 2.14. The summed E-state index contributed by atoms with van der Waals surface area (Å²) in [6.45, 7) is 0. The molecule has 0 heterocycles. The first kappa shape index (κ1) is 12.8. The minimum Gasteiger partial charge on any atom is -0.277 e. The molecule has 0 fully saturated rings. The summed E-state index contributed by atoms with van der Waals surface area (Å²) < 4.78 is 0. The van der Waals surface area contributed by atoms with Gasteiger partial charge in [0.05, 0.1) is 18.7 Å². The Hall–Kier alpha value is -2.64. The lowest BCUT2D eigenvalue weighted by atomic mass is 9.95. The van der Waals surface area contributed by atoms with E-state index < -0.39 is 0 Å². The summed E-state index contributed by atoms with van der Waals surface area (Å²) in [6, 6.07) is 16.4. The van der Waals surface area contributed by atoms with Gasteiger partial charge in [0.15, 0.2) is 0 Å². The molecule has 4 nitrogen and oxygen atoms in total. The SMILES string of the molecule is CONC(=O)c1ccccc1-c1ccccc1C#N. The molecule has 0 bridgehead atoms. The highest BCUT2D eigenvalue weighted by molar-refractivity contribution is 6.00. The number of rotatable bonds is 3. The van der Waals surface area contributed by atoms with Crippen LogP contribution in [0.15, 0.2) is 48.5 Å². The van der Waals surface area contributed by atoms with Crippen molar-refractivity contribution >= 4 is 5.91 Å². The van der Waals surface area contributed by atoms with E-state index in [9.17, 15) is 4.79 Å². The van der Waals surface area contributed by atoms with Crippen LogP contribution >= 0.6 is 0 Å². The fourth-order valence-electron chi connectivity index (χ4n) is 1.88. The lowest BCUT2D eigenvalue weighted by molar-refractivity contribution is 0.0538. The Kier molecular flexibility index (Phi) is 3.91. The summed E-state index contributed by atoms with van der Waals surface area (Å²) in [6.07, 6.45) is 0. The third-order valence-corrected chi connectivity index (χ3v) is 2.70. The molecule has 0 saturated heterocycles. The minimum atomic E-state index is -0.342. The molecule has 1 amide bonds. The summed E-state index contributed by atoms with van der Waals surface area (Å²) >= 11 is 0. The number of nitrogens with zero attached hydrogens (tertiary/aromatic N) is 1. The van der Waals surface area contributed by atoms with Crippen LogP contribution in [0.3, 0.4) is 0 Å². The fraction of sp³-hybridized carbons (Fsp3) is 0.0667. The van der Waals surface area contributed by atoms with Gasteiger partial charge in [0.25, 0.3) is 5.91 Å². The molecule has 2 aromatic rings. The maximum Gasteiger partial charge on any atom is 0.275 e. The maximum absolute atomic E-state index is 11.9. The van der Waals surface area contributed by atoms with Crippen LogP contribution in [0.1, 0.15) is 15.9 Å². The van der Waals surface area contributed by atoms with Crippen LogP contribution in [0, 0.1) is 11.3 Å². The van der Waals surface area contributed by atoms with Crippen LogP contribution in [0.2, 0.25) is 0 Å². The van der Waals surface area contributed by atoms with E-state index in [1.807, 2.05) is 18.2 Å². The van der Waals surface area contributed by atoms with Crippen LogP contribution in [-0.2, 0) is 4.84 Å². The number of hydrogen-bond donors (Lipinski definition) is 1. The number of amides is 1. The second-order valence-electron chi connectivity index (χ2n) is 3.84. The van der Waals surface area contributed by atoms with Crippen LogP contribution in [0.4, 0.5) is 0 Å². The van der Waals surface area contributed by atoms with Crippen molar-refractivity contribution in [1.82, 2.24) is 5.48 Å². The van der Waals surface area contributed by atoms with Gasteiger partial charge in [0.2, 0.25) is 0 Å². The largest absolute Gasteiger partial charge is 0.277 e. The van der Waals surface area contributed by atoms with Gasteiger partial charge >= 0.3 is 0 Å². The third-order valence-electron chi connectivity index (χ3n) is 2.70. The highest BCUT2D eigenvalue weighted by atomic mass is 16.6. The van der Waals surface area contributed by atoms with Gasteiger partial charge in [-0.25, -0.2) is 5.48 Å². The molecule has 19 heavy (non-hydrogen) atoms. The number of benzene rings is 2. The van der Waals surface area contributed by atoms with Crippen LogP contribution < -0.4 is 5.48 Å². The molecule has 0 aliphatic carbocycles. The molecular weight excluding hydrogens is 240 g/mol. The predicted octanol–water partition coefficient (Wildman–Crippen LogP) is 2.52. The van der Waals surface area contributed by atoms with E-state index in [4.69, 9.17) is 5.26 Å². The molecule has 0 saturated carbocycles. The predicted molar refractivity (Wildman–Crippen MR) is 71.1 cm³/mol. The van der Waals surface area contributed by atoms with Crippen molar-refractivity contribution in [2.45, 2.75) is 0 Å². The first-order valence-electron chi connectivity index (χ1n) is 5.69. The van der Waals surface area contributed by atoms with Crippen molar-refractivity contribution in [2.24, 2.45) is 0 Å². The fourth-order valence-corrected chi connectivity index (χ4v) is 1.88. The smallest absolute Gasteiger partial charge is 0.275 e. The van der Waals surface area contributed by atoms with Gasteiger partial charge in [0.1, 0.15) is 0 Å². The lowest BCUT2D eigenvalue weighted by Crippen LogP contribution is -2.22. The topological polar surface area (TPSA) is 62.1 Å². The Morgan fingerprint density at radius 2 is 1.74 bits per heavy atom. The van der Waals surface area contributed by atoms with E-state index in [2.05, 4.69) is 16.4 Å². The average Bonchev–Trinajstić information content (AvgIpc) is 2.47. The van der Waals surface area contributed by atoms with Crippen LogP contribution in [0.5, 0.6) is 0 Å². The van der Waals surface area contributed by atoms with E-state index in [0.717, 1.165) is 5.56 Å². The normalized spacial score (nSPS) is 9.68. The summed E-state index contributed by atoms with van der Waals surface area (Å²) in [4.78, 5) is 16.6. The van der Waals surface area contributed by atoms with Gasteiger partial charge in [-0.3, -0.25) is 9.63 Å². The molecule has 0 spiro atoms. The quantitative estimate of drug-likeness (QED) is 0.854. The Balaban J connectivity index is 2.57. The number of nitriles is 1. The zero-order valence-corrected chi connectivity index (χ0v) is 10.4. The molecular formula is C15H12N2O2. The van der Waals surface area contributed by atoms with Crippen molar-refractivity contribution in [3.63, 3.8) is 0 Å². The van der Waals surface area contributed by atoms with E-state index in [-0.39, 0.29) is 5.91 Å². The average molecular weight is 252 g/mol.